The van der Waals surface area contributed by atoms with Gasteiger partial charge in [-0.25, -0.2) is 9.69 Å². The molecule has 1 aliphatic heterocycles. The third-order valence-corrected chi connectivity index (χ3v) is 3.86. The van der Waals surface area contributed by atoms with E-state index in [-0.39, 0.29) is 5.57 Å². The summed E-state index contributed by atoms with van der Waals surface area (Å²) in [6.07, 6.45) is 4.78. The first-order valence-electron chi connectivity index (χ1n) is 8.46. The van der Waals surface area contributed by atoms with Crippen LogP contribution in [0.1, 0.15) is 12.5 Å². The Balaban J connectivity index is 1.85. The summed E-state index contributed by atoms with van der Waals surface area (Å²) in [5.74, 6) is -0.765. The maximum Gasteiger partial charge on any atom is 0.335 e. The number of nitrogens with zero attached hydrogens (tertiary/aromatic N) is 1. The van der Waals surface area contributed by atoms with Gasteiger partial charge in [0.1, 0.15) is 11.3 Å². The minimum Gasteiger partial charge on any atom is -0.494 e. The summed E-state index contributed by atoms with van der Waals surface area (Å²) in [6.45, 7) is 2.37. The number of ether oxygens (including phenoxy) is 1. The molecule has 6 heteroatoms. The van der Waals surface area contributed by atoms with Crippen molar-refractivity contribution >= 4 is 29.6 Å². The van der Waals surface area contributed by atoms with E-state index in [2.05, 4.69) is 5.32 Å². The lowest BCUT2D eigenvalue weighted by Gasteiger charge is -2.26. The van der Waals surface area contributed by atoms with E-state index in [1.165, 1.54) is 6.08 Å². The molecule has 3 rings (SSSR count). The minimum absolute atomic E-state index is 0.115. The van der Waals surface area contributed by atoms with Gasteiger partial charge >= 0.3 is 6.03 Å². The van der Waals surface area contributed by atoms with Gasteiger partial charge in [0, 0.05) is 0 Å². The van der Waals surface area contributed by atoms with Crippen molar-refractivity contribution < 1.29 is 19.1 Å². The number of nitrogens with one attached hydrogen (secondary N) is 1. The third kappa shape index (κ3) is 4.12. The molecule has 27 heavy (non-hydrogen) atoms. The monoisotopic (exact) mass is 362 g/mol. The van der Waals surface area contributed by atoms with Gasteiger partial charge in [-0.15, -0.1) is 0 Å². The zero-order valence-electron chi connectivity index (χ0n) is 14.7. The van der Waals surface area contributed by atoms with Gasteiger partial charge in [0.05, 0.1) is 12.3 Å². The van der Waals surface area contributed by atoms with Crippen LogP contribution in [0.3, 0.4) is 0 Å². The Morgan fingerprint density at radius 2 is 1.70 bits per heavy atom. The lowest BCUT2D eigenvalue weighted by atomic mass is 10.1. The predicted octanol–water partition coefficient (Wildman–Crippen LogP) is 3.31. The van der Waals surface area contributed by atoms with E-state index in [4.69, 9.17) is 4.74 Å². The zero-order chi connectivity index (χ0) is 19.2. The Hall–Kier alpha value is -3.67. The standard InChI is InChI=1S/C21H18N2O4/c1-2-27-17-13-11-16(12-14-17)23-20(25)18(19(24)22-21(23)26)10-6-9-15-7-4-3-5-8-15/h3-14H,2H2,1H3,(H,22,24,26). The van der Waals surface area contributed by atoms with Gasteiger partial charge in [0.2, 0.25) is 0 Å². The molecule has 136 valence electrons. The number of anilines is 1. The second-order valence-corrected chi connectivity index (χ2v) is 5.68. The molecule has 0 bridgehead atoms. The number of hydrogen-bond donors (Lipinski definition) is 1. The molecule has 1 aliphatic rings. The average molecular weight is 362 g/mol. The molecule has 2 aromatic carbocycles. The van der Waals surface area contributed by atoms with Crippen LogP contribution < -0.4 is 15.0 Å². The molecule has 1 fully saturated rings. The molecule has 4 amide bonds. The van der Waals surface area contributed by atoms with Crippen molar-refractivity contribution in [1.82, 2.24) is 5.32 Å². The lowest BCUT2D eigenvalue weighted by molar-refractivity contribution is -0.122. The quantitative estimate of drug-likeness (QED) is 0.654. The van der Waals surface area contributed by atoms with Gasteiger partial charge in [-0.1, -0.05) is 42.5 Å². The Morgan fingerprint density at radius 1 is 1.00 bits per heavy atom. The van der Waals surface area contributed by atoms with Gasteiger partial charge in [-0.05, 0) is 42.8 Å². The van der Waals surface area contributed by atoms with E-state index >= 15 is 0 Å². The summed E-state index contributed by atoms with van der Waals surface area (Å²) >= 11 is 0. The van der Waals surface area contributed by atoms with E-state index in [0.717, 1.165) is 10.5 Å². The fourth-order valence-corrected chi connectivity index (χ4v) is 2.59. The second kappa shape index (κ2) is 8.14. The fraction of sp³-hybridized carbons (Fsp3) is 0.0952. The van der Waals surface area contributed by atoms with E-state index in [1.54, 1.807) is 36.4 Å². The number of imide groups is 2. The molecule has 1 saturated heterocycles. The van der Waals surface area contributed by atoms with Crippen LogP contribution in [-0.4, -0.2) is 24.5 Å². The Kier molecular flexibility index (Phi) is 5.47. The zero-order valence-corrected chi connectivity index (χ0v) is 14.7. The summed E-state index contributed by atoms with van der Waals surface area (Å²) in [7, 11) is 0. The number of barbiturate groups is 1. The van der Waals surface area contributed by atoms with Crippen LogP contribution >= 0.6 is 0 Å². The van der Waals surface area contributed by atoms with Gasteiger partial charge in [0.15, 0.2) is 0 Å². The first-order valence-corrected chi connectivity index (χ1v) is 8.46. The summed E-state index contributed by atoms with van der Waals surface area (Å²) in [6, 6.07) is 15.2. The molecular formula is C21H18N2O4. The molecule has 0 aromatic heterocycles. The molecule has 0 unspecified atom stereocenters. The number of carbonyl (C=O) groups is 3. The number of urea groups is 1. The maximum absolute atomic E-state index is 12.7. The fourth-order valence-electron chi connectivity index (χ4n) is 2.59. The molecule has 1 heterocycles. The van der Waals surface area contributed by atoms with Crippen molar-refractivity contribution in [2.45, 2.75) is 6.92 Å². The van der Waals surface area contributed by atoms with Gasteiger partial charge in [-0.3, -0.25) is 14.9 Å². The molecule has 6 nitrogen and oxygen atoms in total. The smallest absolute Gasteiger partial charge is 0.335 e. The lowest BCUT2D eigenvalue weighted by Crippen LogP contribution is -2.54. The number of benzene rings is 2. The topological polar surface area (TPSA) is 75.7 Å². The normalized spacial score (nSPS) is 16.1. The van der Waals surface area contributed by atoms with Crippen molar-refractivity contribution in [2.75, 3.05) is 11.5 Å². The Morgan fingerprint density at radius 3 is 2.37 bits per heavy atom. The highest BCUT2D eigenvalue weighted by molar-refractivity contribution is 6.37. The molecule has 0 aliphatic carbocycles. The highest BCUT2D eigenvalue weighted by atomic mass is 16.5. The van der Waals surface area contributed by atoms with Crippen molar-refractivity contribution in [3.8, 4) is 5.75 Å². The van der Waals surface area contributed by atoms with Crippen LogP contribution in [0.15, 0.2) is 72.3 Å². The van der Waals surface area contributed by atoms with Crippen molar-refractivity contribution in [3.05, 3.63) is 77.9 Å². The summed E-state index contributed by atoms with van der Waals surface area (Å²) in [5, 5.41) is 2.19. The van der Waals surface area contributed by atoms with Crippen molar-refractivity contribution in [3.63, 3.8) is 0 Å². The van der Waals surface area contributed by atoms with Gasteiger partial charge < -0.3 is 4.74 Å². The summed E-state index contributed by atoms with van der Waals surface area (Å²) < 4.78 is 5.36. The van der Waals surface area contributed by atoms with Gasteiger partial charge in [-0.2, -0.15) is 0 Å². The van der Waals surface area contributed by atoms with Crippen LogP contribution in [-0.2, 0) is 9.59 Å². The molecule has 1 N–H and O–H groups in total. The van der Waals surface area contributed by atoms with Crippen molar-refractivity contribution in [2.24, 2.45) is 0 Å². The Labute approximate surface area is 156 Å². The van der Waals surface area contributed by atoms with E-state index in [1.807, 2.05) is 37.3 Å². The number of carbonyl (C=O) groups excluding carboxylic acids is 3. The van der Waals surface area contributed by atoms with Gasteiger partial charge in [0.25, 0.3) is 11.8 Å². The highest BCUT2D eigenvalue weighted by Gasteiger charge is 2.36. The first-order chi connectivity index (χ1) is 13.1. The number of allylic oxidation sites excluding steroid dienone is 2. The molecule has 2 aromatic rings. The largest absolute Gasteiger partial charge is 0.494 e. The molecule has 0 radical (unpaired) electrons. The average Bonchev–Trinajstić information content (AvgIpc) is 2.66. The minimum atomic E-state index is -0.779. The van der Waals surface area contributed by atoms with Crippen molar-refractivity contribution in [1.29, 1.82) is 0 Å². The predicted molar refractivity (Wildman–Crippen MR) is 102 cm³/mol. The van der Waals surface area contributed by atoms with E-state index in [9.17, 15) is 14.4 Å². The summed E-state index contributed by atoms with van der Waals surface area (Å²) in [5.41, 5.74) is 1.17. The number of amides is 4. The van der Waals surface area contributed by atoms with E-state index < -0.39 is 17.8 Å². The van der Waals surface area contributed by atoms with Crippen LogP contribution in [0, 0.1) is 0 Å². The van der Waals surface area contributed by atoms with E-state index in [0.29, 0.717) is 18.0 Å². The van der Waals surface area contributed by atoms with Crippen LogP contribution in [0.5, 0.6) is 5.75 Å². The number of rotatable bonds is 5. The third-order valence-electron chi connectivity index (χ3n) is 3.86. The van der Waals surface area contributed by atoms with Crippen LogP contribution in [0.2, 0.25) is 0 Å². The first kappa shape index (κ1) is 18.1. The summed E-state index contributed by atoms with van der Waals surface area (Å²) in [4.78, 5) is 37.9. The molecular weight excluding hydrogens is 344 g/mol. The van der Waals surface area contributed by atoms with Crippen LogP contribution in [0.4, 0.5) is 10.5 Å². The SMILES string of the molecule is CCOc1ccc(N2C(=O)NC(=O)C(=CC=Cc3ccccc3)C2=O)cc1. The highest BCUT2D eigenvalue weighted by Crippen LogP contribution is 2.23. The Bertz CT molecular complexity index is 915. The van der Waals surface area contributed by atoms with Crippen LogP contribution in [0.25, 0.3) is 6.08 Å². The second-order valence-electron chi connectivity index (χ2n) is 5.68. The molecule has 0 atom stereocenters. The molecule has 0 saturated carbocycles. The molecule has 0 spiro atoms. The maximum atomic E-state index is 12.7. The number of hydrogen-bond acceptors (Lipinski definition) is 4.